The number of aromatic nitrogens is 2. The van der Waals surface area contributed by atoms with Crippen LogP contribution in [0.5, 0.6) is 5.75 Å². The van der Waals surface area contributed by atoms with Crippen LogP contribution in [0.4, 0.5) is 0 Å². The molecule has 0 aliphatic carbocycles. The molecule has 3 rings (SSSR count). The third kappa shape index (κ3) is 3.75. The number of hydrogen-bond acceptors (Lipinski definition) is 4. The van der Waals surface area contributed by atoms with Crippen molar-refractivity contribution in [1.29, 1.82) is 0 Å². The summed E-state index contributed by atoms with van der Waals surface area (Å²) in [6.45, 7) is 2.08. The molecule has 6 heteroatoms. The maximum atomic E-state index is 12.5. The number of rotatable bonds is 6. The molecule has 0 saturated heterocycles. The van der Waals surface area contributed by atoms with E-state index in [0.29, 0.717) is 17.0 Å². The predicted octanol–water partition coefficient (Wildman–Crippen LogP) is 2.58. The molecule has 1 aromatic heterocycles. The van der Waals surface area contributed by atoms with Gasteiger partial charge in [-0.05, 0) is 31.2 Å². The Labute approximate surface area is 152 Å². The third-order valence-corrected chi connectivity index (χ3v) is 4.00. The molecule has 6 nitrogen and oxygen atoms in total. The zero-order valence-corrected chi connectivity index (χ0v) is 14.8. The number of benzene rings is 2. The molecule has 1 amide bonds. The van der Waals surface area contributed by atoms with Gasteiger partial charge in [0.15, 0.2) is 0 Å². The Bertz CT molecular complexity index is 901. The fraction of sp³-hybridized carbons (Fsp3) is 0.200. The number of methoxy groups -OCH3 is 1. The topological polar surface area (TPSA) is 76.4 Å². The Morgan fingerprint density at radius 2 is 2.00 bits per heavy atom. The van der Waals surface area contributed by atoms with Crippen LogP contribution in [0.2, 0.25) is 0 Å². The van der Waals surface area contributed by atoms with Gasteiger partial charge in [0.1, 0.15) is 11.4 Å². The summed E-state index contributed by atoms with van der Waals surface area (Å²) >= 11 is 0. The molecule has 0 spiro atoms. The highest BCUT2D eigenvalue weighted by Gasteiger charge is 2.18. The van der Waals surface area contributed by atoms with Crippen LogP contribution < -0.4 is 10.1 Å². The minimum atomic E-state index is -0.282. The van der Waals surface area contributed by atoms with Gasteiger partial charge in [0.05, 0.1) is 25.0 Å². The first-order valence-electron chi connectivity index (χ1n) is 8.32. The number of aliphatic hydroxyl groups excluding tert-OH is 1. The summed E-state index contributed by atoms with van der Waals surface area (Å²) < 4.78 is 6.96. The molecule has 0 bridgehead atoms. The second-order valence-electron chi connectivity index (χ2n) is 5.88. The Kier molecular flexibility index (Phi) is 5.34. The highest BCUT2D eigenvalue weighted by Crippen LogP contribution is 2.27. The molecule has 1 heterocycles. The van der Waals surface area contributed by atoms with Crippen molar-refractivity contribution in [3.8, 4) is 22.7 Å². The van der Waals surface area contributed by atoms with Crippen molar-refractivity contribution in [2.24, 2.45) is 0 Å². The lowest BCUT2D eigenvalue weighted by Gasteiger charge is -2.05. The van der Waals surface area contributed by atoms with Gasteiger partial charge in [-0.15, -0.1) is 0 Å². The van der Waals surface area contributed by atoms with Crippen LogP contribution in [0.1, 0.15) is 15.9 Å². The van der Waals surface area contributed by atoms with E-state index in [1.165, 1.54) is 0 Å². The summed E-state index contributed by atoms with van der Waals surface area (Å²) in [5.74, 6) is 0.407. The molecule has 2 aromatic carbocycles. The Hall–Kier alpha value is -3.12. The second kappa shape index (κ2) is 7.84. The standard InChI is InChI=1S/C20H21N3O3/c1-14-6-8-16(9-7-14)23-13-18(20(25)21-10-11-24)19(22-23)15-4-3-5-17(12-15)26-2/h3-9,12-13,24H,10-11H2,1-2H3,(H,21,25). The van der Waals surface area contributed by atoms with Gasteiger partial charge < -0.3 is 15.2 Å². The molecule has 0 radical (unpaired) electrons. The first kappa shape index (κ1) is 17.7. The first-order chi connectivity index (χ1) is 12.6. The summed E-state index contributed by atoms with van der Waals surface area (Å²) in [7, 11) is 1.60. The number of nitrogens with zero attached hydrogens (tertiary/aromatic N) is 2. The lowest BCUT2D eigenvalue weighted by Crippen LogP contribution is -2.26. The number of aliphatic hydroxyl groups is 1. The molecule has 3 aromatic rings. The summed E-state index contributed by atoms with van der Waals surface area (Å²) in [6.07, 6.45) is 1.70. The van der Waals surface area contributed by atoms with Gasteiger partial charge in [-0.1, -0.05) is 29.8 Å². The van der Waals surface area contributed by atoms with Crippen molar-refractivity contribution in [3.63, 3.8) is 0 Å². The lowest BCUT2D eigenvalue weighted by atomic mass is 10.1. The Morgan fingerprint density at radius 1 is 1.23 bits per heavy atom. The normalized spacial score (nSPS) is 10.6. The fourth-order valence-electron chi connectivity index (χ4n) is 2.62. The average Bonchev–Trinajstić information content (AvgIpc) is 3.12. The molecule has 0 unspecified atom stereocenters. The summed E-state index contributed by atoms with van der Waals surface area (Å²) in [6, 6.07) is 15.3. The van der Waals surface area contributed by atoms with Crippen molar-refractivity contribution in [3.05, 3.63) is 65.9 Å². The number of hydrogen-bond donors (Lipinski definition) is 2. The van der Waals surface area contributed by atoms with E-state index in [9.17, 15) is 4.79 Å². The van der Waals surface area contributed by atoms with E-state index in [0.717, 1.165) is 16.8 Å². The van der Waals surface area contributed by atoms with Gasteiger partial charge in [-0.3, -0.25) is 4.79 Å². The van der Waals surface area contributed by atoms with Gasteiger partial charge in [0.2, 0.25) is 0 Å². The maximum absolute atomic E-state index is 12.5. The van der Waals surface area contributed by atoms with Crippen molar-refractivity contribution >= 4 is 5.91 Å². The predicted molar refractivity (Wildman–Crippen MR) is 99.7 cm³/mol. The average molecular weight is 351 g/mol. The largest absolute Gasteiger partial charge is 0.497 e. The van der Waals surface area contributed by atoms with Crippen LogP contribution in [-0.2, 0) is 0 Å². The Morgan fingerprint density at radius 3 is 2.69 bits per heavy atom. The zero-order chi connectivity index (χ0) is 18.5. The molecular weight excluding hydrogens is 330 g/mol. The van der Waals surface area contributed by atoms with E-state index in [2.05, 4.69) is 10.4 Å². The second-order valence-corrected chi connectivity index (χ2v) is 5.88. The third-order valence-electron chi connectivity index (χ3n) is 4.00. The summed E-state index contributed by atoms with van der Waals surface area (Å²) in [5.41, 5.74) is 3.78. The molecule has 26 heavy (non-hydrogen) atoms. The molecule has 0 aliphatic rings. The molecule has 2 N–H and O–H groups in total. The fourth-order valence-corrected chi connectivity index (χ4v) is 2.62. The first-order valence-corrected chi connectivity index (χ1v) is 8.32. The molecular formula is C20H21N3O3. The minimum absolute atomic E-state index is 0.119. The summed E-state index contributed by atoms with van der Waals surface area (Å²) in [5, 5.41) is 16.3. The molecule has 0 aliphatic heterocycles. The van der Waals surface area contributed by atoms with Crippen molar-refractivity contribution in [2.45, 2.75) is 6.92 Å². The number of ether oxygens (including phenoxy) is 1. The Balaban J connectivity index is 2.07. The van der Waals surface area contributed by atoms with E-state index in [4.69, 9.17) is 9.84 Å². The van der Waals surface area contributed by atoms with Crippen LogP contribution in [0.3, 0.4) is 0 Å². The lowest BCUT2D eigenvalue weighted by molar-refractivity contribution is 0.0945. The van der Waals surface area contributed by atoms with Crippen molar-refractivity contribution in [1.82, 2.24) is 15.1 Å². The van der Waals surface area contributed by atoms with Crippen LogP contribution in [0.15, 0.2) is 54.7 Å². The number of carbonyl (C=O) groups is 1. The smallest absolute Gasteiger partial charge is 0.255 e. The monoisotopic (exact) mass is 351 g/mol. The van der Waals surface area contributed by atoms with Gasteiger partial charge in [0, 0.05) is 18.3 Å². The van der Waals surface area contributed by atoms with Crippen LogP contribution in [-0.4, -0.2) is 41.1 Å². The van der Waals surface area contributed by atoms with E-state index < -0.39 is 0 Å². The van der Waals surface area contributed by atoms with Crippen LogP contribution in [0, 0.1) is 6.92 Å². The number of amides is 1. The van der Waals surface area contributed by atoms with E-state index in [-0.39, 0.29) is 19.1 Å². The number of nitrogens with one attached hydrogen (secondary N) is 1. The number of aryl methyl sites for hydroxylation is 1. The highest BCUT2D eigenvalue weighted by molar-refractivity contribution is 6.00. The molecule has 0 fully saturated rings. The van der Waals surface area contributed by atoms with E-state index in [1.807, 2.05) is 55.5 Å². The quantitative estimate of drug-likeness (QED) is 0.716. The van der Waals surface area contributed by atoms with Gasteiger partial charge in [-0.2, -0.15) is 5.10 Å². The minimum Gasteiger partial charge on any atom is -0.497 e. The molecule has 0 saturated carbocycles. The molecule has 0 atom stereocenters. The highest BCUT2D eigenvalue weighted by atomic mass is 16.5. The van der Waals surface area contributed by atoms with Gasteiger partial charge >= 0.3 is 0 Å². The van der Waals surface area contributed by atoms with Crippen molar-refractivity contribution in [2.75, 3.05) is 20.3 Å². The van der Waals surface area contributed by atoms with Gasteiger partial charge in [-0.25, -0.2) is 4.68 Å². The maximum Gasteiger partial charge on any atom is 0.255 e. The molecule has 134 valence electrons. The SMILES string of the molecule is COc1cccc(-c2nn(-c3ccc(C)cc3)cc2C(=O)NCCO)c1. The summed E-state index contributed by atoms with van der Waals surface area (Å²) in [4.78, 5) is 12.5. The van der Waals surface area contributed by atoms with Crippen LogP contribution >= 0.6 is 0 Å². The van der Waals surface area contributed by atoms with E-state index >= 15 is 0 Å². The van der Waals surface area contributed by atoms with Crippen molar-refractivity contribution < 1.29 is 14.6 Å². The van der Waals surface area contributed by atoms with E-state index in [1.54, 1.807) is 18.0 Å². The van der Waals surface area contributed by atoms with Gasteiger partial charge in [0.25, 0.3) is 5.91 Å². The number of carbonyl (C=O) groups excluding carboxylic acids is 1. The van der Waals surface area contributed by atoms with Crippen LogP contribution in [0.25, 0.3) is 16.9 Å². The zero-order valence-electron chi connectivity index (χ0n) is 14.8.